The van der Waals surface area contributed by atoms with Gasteiger partial charge in [-0.25, -0.2) is 0 Å². The fourth-order valence-electron chi connectivity index (χ4n) is 3.77. The van der Waals surface area contributed by atoms with Crippen molar-refractivity contribution in [3.8, 4) is 0 Å². The van der Waals surface area contributed by atoms with Gasteiger partial charge in [-0.2, -0.15) is 0 Å². The summed E-state index contributed by atoms with van der Waals surface area (Å²) in [7, 11) is 2.32. The lowest BCUT2D eigenvalue weighted by atomic mass is 9.97. The molecule has 0 saturated carbocycles. The number of hydrogen-bond acceptors (Lipinski definition) is 3. The fraction of sp³-hybridized carbons (Fsp3) is 1.00. The van der Waals surface area contributed by atoms with Crippen molar-refractivity contribution in [1.82, 2.24) is 10.2 Å². The highest BCUT2D eigenvalue weighted by Gasteiger charge is 2.35. The van der Waals surface area contributed by atoms with Crippen LogP contribution in [-0.4, -0.2) is 49.8 Å². The molecule has 0 aromatic rings. The van der Waals surface area contributed by atoms with E-state index in [0.717, 1.165) is 37.3 Å². The first-order chi connectivity index (χ1) is 8.31. The van der Waals surface area contributed by atoms with E-state index in [4.69, 9.17) is 4.74 Å². The van der Waals surface area contributed by atoms with Crippen LogP contribution in [0.4, 0.5) is 0 Å². The zero-order chi connectivity index (χ0) is 11.7. The molecule has 2 bridgehead atoms. The van der Waals surface area contributed by atoms with Crippen molar-refractivity contribution in [1.29, 1.82) is 0 Å². The van der Waals surface area contributed by atoms with E-state index >= 15 is 0 Å². The molecule has 0 aromatic carbocycles. The van der Waals surface area contributed by atoms with E-state index < -0.39 is 0 Å². The van der Waals surface area contributed by atoms with Gasteiger partial charge in [0, 0.05) is 31.3 Å². The SMILES string of the molecule is CN(CCC1CCOC1)C1CC2CCC(C1)N2. The number of piperidine rings is 1. The predicted octanol–water partition coefficient (Wildman–Crippen LogP) is 1.63. The molecular weight excluding hydrogens is 212 g/mol. The lowest BCUT2D eigenvalue weighted by molar-refractivity contribution is 0.153. The van der Waals surface area contributed by atoms with Gasteiger partial charge in [-0.15, -0.1) is 0 Å². The minimum absolute atomic E-state index is 0.816. The Kier molecular flexibility index (Phi) is 3.69. The Morgan fingerprint density at radius 2 is 1.94 bits per heavy atom. The van der Waals surface area contributed by atoms with E-state index in [9.17, 15) is 0 Å². The van der Waals surface area contributed by atoms with Crippen molar-refractivity contribution in [3.63, 3.8) is 0 Å². The summed E-state index contributed by atoms with van der Waals surface area (Å²) in [6.45, 7) is 3.26. The van der Waals surface area contributed by atoms with Crippen LogP contribution in [0.1, 0.15) is 38.5 Å². The molecule has 3 rings (SSSR count). The van der Waals surface area contributed by atoms with E-state index in [-0.39, 0.29) is 0 Å². The highest BCUT2D eigenvalue weighted by molar-refractivity contribution is 4.95. The van der Waals surface area contributed by atoms with Gasteiger partial charge >= 0.3 is 0 Å². The van der Waals surface area contributed by atoms with Gasteiger partial charge in [0.15, 0.2) is 0 Å². The molecular formula is C14H26N2O. The second kappa shape index (κ2) is 5.25. The molecule has 3 aliphatic rings. The first kappa shape index (κ1) is 11.9. The average Bonchev–Trinajstić information content (AvgIpc) is 2.96. The Hall–Kier alpha value is -0.120. The third-order valence-electron chi connectivity index (χ3n) is 4.99. The third-order valence-corrected chi connectivity index (χ3v) is 4.99. The molecule has 3 heteroatoms. The van der Waals surface area contributed by atoms with Crippen molar-refractivity contribution in [2.24, 2.45) is 5.92 Å². The molecule has 0 aromatic heterocycles. The second-order valence-electron chi connectivity index (χ2n) is 6.26. The smallest absolute Gasteiger partial charge is 0.0495 e. The van der Waals surface area contributed by atoms with E-state index in [1.807, 2.05) is 0 Å². The van der Waals surface area contributed by atoms with Gasteiger partial charge in [0.2, 0.25) is 0 Å². The summed E-state index contributed by atoms with van der Waals surface area (Å²) in [5.74, 6) is 0.830. The maximum atomic E-state index is 5.45. The first-order valence-corrected chi connectivity index (χ1v) is 7.35. The van der Waals surface area contributed by atoms with Crippen LogP contribution in [0.2, 0.25) is 0 Å². The van der Waals surface area contributed by atoms with Crippen molar-refractivity contribution < 1.29 is 4.74 Å². The van der Waals surface area contributed by atoms with Crippen molar-refractivity contribution >= 4 is 0 Å². The van der Waals surface area contributed by atoms with Crippen molar-refractivity contribution in [2.75, 3.05) is 26.8 Å². The summed E-state index contributed by atoms with van der Waals surface area (Å²) in [5.41, 5.74) is 0. The maximum absolute atomic E-state index is 5.45. The van der Waals surface area contributed by atoms with E-state index in [2.05, 4.69) is 17.3 Å². The standard InChI is InChI=1S/C14H26N2O/c1-16(6-4-11-5-7-17-10-11)14-8-12-2-3-13(9-14)15-12/h11-15H,2-10H2,1H3. The number of rotatable bonds is 4. The second-order valence-corrected chi connectivity index (χ2v) is 6.26. The normalized spacial score (nSPS) is 41.3. The number of ether oxygens (including phenoxy) is 1. The lowest BCUT2D eigenvalue weighted by Gasteiger charge is -2.36. The summed E-state index contributed by atoms with van der Waals surface area (Å²) in [6.07, 6.45) is 8.17. The molecule has 0 radical (unpaired) electrons. The lowest BCUT2D eigenvalue weighted by Crippen LogP contribution is -2.47. The minimum atomic E-state index is 0.816. The van der Waals surface area contributed by atoms with Gasteiger partial charge in [0.05, 0.1) is 0 Å². The monoisotopic (exact) mass is 238 g/mol. The zero-order valence-corrected chi connectivity index (χ0v) is 11.0. The van der Waals surface area contributed by atoms with Gasteiger partial charge in [0.25, 0.3) is 0 Å². The Labute approximate surface area is 105 Å². The van der Waals surface area contributed by atoms with Gasteiger partial charge in [-0.1, -0.05) is 0 Å². The molecule has 3 fully saturated rings. The van der Waals surface area contributed by atoms with Crippen LogP contribution in [0.5, 0.6) is 0 Å². The van der Waals surface area contributed by atoms with Gasteiger partial charge in [-0.05, 0) is 58.0 Å². The molecule has 0 aliphatic carbocycles. The molecule has 3 saturated heterocycles. The molecule has 17 heavy (non-hydrogen) atoms. The van der Waals surface area contributed by atoms with E-state index in [1.54, 1.807) is 0 Å². The van der Waals surface area contributed by atoms with Crippen LogP contribution in [0, 0.1) is 5.92 Å². The van der Waals surface area contributed by atoms with Gasteiger partial charge in [0.1, 0.15) is 0 Å². The van der Waals surface area contributed by atoms with Crippen LogP contribution in [0.3, 0.4) is 0 Å². The van der Waals surface area contributed by atoms with E-state index in [0.29, 0.717) is 0 Å². The third kappa shape index (κ3) is 2.83. The summed E-state index contributed by atoms with van der Waals surface area (Å²) < 4.78 is 5.45. The molecule has 3 heterocycles. The quantitative estimate of drug-likeness (QED) is 0.805. The Morgan fingerprint density at radius 3 is 2.59 bits per heavy atom. The fourth-order valence-corrected chi connectivity index (χ4v) is 3.77. The highest BCUT2D eigenvalue weighted by atomic mass is 16.5. The van der Waals surface area contributed by atoms with Crippen molar-refractivity contribution in [2.45, 2.75) is 56.7 Å². The van der Waals surface area contributed by atoms with Crippen LogP contribution in [0.25, 0.3) is 0 Å². The van der Waals surface area contributed by atoms with Crippen LogP contribution in [-0.2, 0) is 4.74 Å². The highest BCUT2D eigenvalue weighted by Crippen LogP contribution is 2.29. The average molecular weight is 238 g/mol. The Morgan fingerprint density at radius 1 is 1.18 bits per heavy atom. The Bertz CT molecular complexity index is 241. The summed E-state index contributed by atoms with van der Waals surface area (Å²) in [6, 6.07) is 2.46. The number of hydrogen-bond donors (Lipinski definition) is 1. The maximum Gasteiger partial charge on any atom is 0.0495 e. The molecule has 98 valence electrons. The first-order valence-electron chi connectivity index (χ1n) is 7.35. The molecule has 3 unspecified atom stereocenters. The number of fused-ring (bicyclic) bond motifs is 2. The summed E-state index contributed by atoms with van der Waals surface area (Å²) in [5, 5.41) is 3.73. The summed E-state index contributed by atoms with van der Waals surface area (Å²) >= 11 is 0. The Balaban J connectivity index is 1.44. The molecule has 3 nitrogen and oxygen atoms in total. The van der Waals surface area contributed by atoms with Crippen LogP contribution >= 0.6 is 0 Å². The minimum Gasteiger partial charge on any atom is -0.381 e. The summed E-state index contributed by atoms with van der Waals surface area (Å²) in [4.78, 5) is 2.62. The molecule has 0 spiro atoms. The number of nitrogens with one attached hydrogen (secondary N) is 1. The topological polar surface area (TPSA) is 24.5 Å². The van der Waals surface area contributed by atoms with Gasteiger partial charge in [-0.3, -0.25) is 0 Å². The molecule has 0 amide bonds. The largest absolute Gasteiger partial charge is 0.381 e. The molecule has 1 N–H and O–H groups in total. The predicted molar refractivity (Wildman–Crippen MR) is 69.1 cm³/mol. The molecule has 3 atom stereocenters. The van der Waals surface area contributed by atoms with Crippen molar-refractivity contribution in [3.05, 3.63) is 0 Å². The molecule has 3 aliphatic heterocycles. The zero-order valence-electron chi connectivity index (χ0n) is 11.0. The number of nitrogens with zero attached hydrogens (tertiary/aromatic N) is 1. The van der Waals surface area contributed by atoms with E-state index in [1.165, 1.54) is 45.1 Å². The van der Waals surface area contributed by atoms with Crippen LogP contribution in [0.15, 0.2) is 0 Å². The van der Waals surface area contributed by atoms with Gasteiger partial charge < -0.3 is 15.0 Å². The van der Waals surface area contributed by atoms with Crippen LogP contribution < -0.4 is 5.32 Å².